The van der Waals surface area contributed by atoms with E-state index in [1.807, 2.05) is 0 Å². The van der Waals surface area contributed by atoms with Crippen LogP contribution in [0.2, 0.25) is 0 Å². The first kappa shape index (κ1) is 10.7. The predicted octanol–water partition coefficient (Wildman–Crippen LogP) is 1.33. The summed E-state index contributed by atoms with van der Waals surface area (Å²) in [5, 5.41) is 0. The number of hydrogen-bond donors (Lipinski definition) is 0. The number of alkyl halides is 3. The van der Waals surface area contributed by atoms with E-state index in [1.165, 1.54) is 7.11 Å². The lowest BCUT2D eigenvalue weighted by molar-refractivity contribution is -0.262. The van der Waals surface area contributed by atoms with Crippen molar-refractivity contribution < 1.29 is 27.4 Å². The molecule has 0 aromatic heterocycles. The maximum absolute atomic E-state index is 11.8. The van der Waals surface area contributed by atoms with Gasteiger partial charge in [-0.25, -0.2) is 0 Å². The van der Waals surface area contributed by atoms with E-state index >= 15 is 0 Å². The molecule has 1 rings (SSSR count). The molecule has 1 fully saturated rings. The Labute approximate surface area is 73.8 Å². The van der Waals surface area contributed by atoms with Crippen molar-refractivity contribution in [1.82, 2.24) is 0 Å². The van der Waals surface area contributed by atoms with Crippen molar-refractivity contribution >= 4 is 0 Å². The Bertz CT molecular complexity index is 152. The molecule has 0 aromatic rings. The lowest BCUT2D eigenvalue weighted by atomic mass is 10.3. The van der Waals surface area contributed by atoms with E-state index in [4.69, 9.17) is 14.2 Å². The van der Waals surface area contributed by atoms with E-state index in [0.717, 1.165) is 0 Å². The highest BCUT2D eigenvalue weighted by molar-refractivity contribution is 4.64. The third-order valence-electron chi connectivity index (χ3n) is 1.67. The fourth-order valence-corrected chi connectivity index (χ4v) is 0.968. The maximum Gasteiger partial charge on any atom is 0.393 e. The highest BCUT2D eigenvalue weighted by atomic mass is 19.4. The number of rotatable bonds is 2. The second-order valence-electron chi connectivity index (χ2n) is 2.77. The van der Waals surface area contributed by atoms with Crippen molar-refractivity contribution in [2.24, 2.45) is 0 Å². The average Bonchev–Trinajstić information content (AvgIpc) is 2.03. The summed E-state index contributed by atoms with van der Waals surface area (Å²) >= 11 is 0. The van der Waals surface area contributed by atoms with Gasteiger partial charge >= 0.3 is 6.18 Å². The van der Waals surface area contributed by atoms with Gasteiger partial charge in [-0.3, -0.25) is 0 Å². The molecule has 6 heteroatoms. The van der Waals surface area contributed by atoms with Gasteiger partial charge in [-0.1, -0.05) is 0 Å². The Kier molecular flexibility index (Phi) is 3.52. The molecule has 0 aliphatic carbocycles. The van der Waals surface area contributed by atoms with Gasteiger partial charge < -0.3 is 14.2 Å². The van der Waals surface area contributed by atoms with Crippen molar-refractivity contribution in [1.29, 1.82) is 0 Å². The van der Waals surface area contributed by atoms with Gasteiger partial charge in [-0.15, -0.1) is 0 Å². The SMILES string of the molecule is COC1COC(CC(F)(F)F)OC1. The number of halogens is 3. The molecule has 1 saturated heterocycles. The van der Waals surface area contributed by atoms with Crippen molar-refractivity contribution in [3.8, 4) is 0 Å². The van der Waals surface area contributed by atoms with Gasteiger partial charge in [0.25, 0.3) is 0 Å². The molecule has 1 heterocycles. The fourth-order valence-electron chi connectivity index (χ4n) is 0.968. The molecule has 3 nitrogen and oxygen atoms in total. The van der Waals surface area contributed by atoms with Gasteiger partial charge in [0.15, 0.2) is 6.29 Å². The van der Waals surface area contributed by atoms with Crippen LogP contribution in [-0.2, 0) is 14.2 Å². The van der Waals surface area contributed by atoms with Crippen LogP contribution >= 0.6 is 0 Å². The van der Waals surface area contributed by atoms with Crippen LogP contribution in [0.15, 0.2) is 0 Å². The molecule has 0 saturated carbocycles. The van der Waals surface area contributed by atoms with Crippen LogP contribution in [0, 0.1) is 0 Å². The summed E-state index contributed by atoms with van der Waals surface area (Å²) in [5.74, 6) is 0. The van der Waals surface area contributed by atoms with Crippen LogP contribution in [-0.4, -0.2) is 38.9 Å². The van der Waals surface area contributed by atoms with Crippen LogP contribution in [0.25, 0.3) is 0 Å². The summed E-state index contributed by atoms with van der Waals surface area (Å²) < 4.78 is 49.9. The Morgan fingerprint density at radius 1 is 1.31 bits per heavy atom. The Morgan fingerprint density at radius 3 is 2.23 bits per heavy atom. The highest BCUT2D eigenvalue weighted by Crippen LogP contribution is 2.25. The van der Waals surface area contributed by atoms with Gasteiger partial charge in [0, 0.05) is 7.11 Å². The van der Waals surface area contributed by atoms with Crippen LogP contribution in [0.5, 0.6) is 0 Å². The first-order chi connectivity index (χ1) is 6.01. The average molecular weight is 200 g/mol. The standard InChI is InChI=1S/C7H11F3O3/c1-11-5-3-12-6(13-4-5)2-7(8,9)10/h5-6H,2-4H2,1H3. The summed E-state index contributed by atoms with van der Waals surface area (Å²) in [7, 11) is 1.46. The molecule has 0 aromatic carbocycles. The molecule has 0 atom stereocenters. The molecule has 0 N–H and O–H groups in total. The molecule has 0 bridgehead atoms. The van der Waals surface area contributed by atoms with Gasteiger partial charge in [0.2, 0.25) is 0 Å². The molecule has 0 amide bonds. The monoisotopic (exact) mass is 200 g/mol. The van der Waals surface area contributed by atoms with E-state index in [0.29, 0.717) is 0 Å². The van der Waals surface area contributed by atoms with E-state index < -0.39 is 18.9 Å². The molecular formula is C7H11F3O3. The van der Waals surface area contributed by atoms with E-state index in [-0.39, 0.29) is 19.3 Å². The molecule has 13 heavy (non-hydrogen) atoms. The Balaban J connectivity index is 2.25. The van der Waals surface area contributed by atoms with Gasteiger partial charge in [0.1, 0.15) is 6.10 Å². The minimum atomic E-state index is -4.25. The van der Waals surface area contributed by atoms with Crippen LogP contribution in [0.1, 0.15) is 6.42 Å². The van der Waals surface area contributed by atoms with Crippen molar-refractivity contribution in [2.45, 2.75) is 25.0 Å². The smallest absolute Gasteiger partial charge is 0.377 e. The van der Waals surface area contributed by atoms with E-state index in [9.17, 15) is 13.2 Å². The van der Waals surface area contributed by atoms with Crippen LogP contribution in [0.4, 0.5) is 13.2 Å². The lowest BCUT2D eigenvalue weighted by Gasteiger charge is -2.28. The molecule has 0 radical (unpaired) electrons. The number of ether oxygens (including phenoxy) is 3. The first-order valence-electron chi connectivity index (χ1n) is 3.84. The van der Waals surface area contributed by atoms with Crippen molar-refractivity contribution in [3.05, 3.63) is 0 Å². The second kappa shape index (κ2) is 4.26. The Hall–Kier alpha value is -0.330. The Morgan fingerprint density at radius 2 is 1.85 bits per heavy atom. The largest absolute Gasteiger partial charge is 0.393 e. The summed E-state index contributed by atoms with van der Waals surface area (Å²) in [6, 6.07) is 0. The quantitative estimate of drug-likeness (QED) is 0.673. The van der Waals surface area contributed by atoms with Crippen molar-refractivity contribution in [2.75, 3.05) is 20.3 Å². The van der Waals surface area contributed by atoms with Gasteiger partial charge in [0.05, 0.1) is 19.6 Å². The van der Waals surface area contributed by atoms with E-state index in [1.54, 1.807) is 0 Å². The second-order valence-corrected chi connectivity index (χ2v) is 2.77. The zero-order chi connectivity index (χ0) is 9.90. The lowest BCUT2D eigenvalue weighted by Crippen LogP contribution is -2.38. The fraction of sp³-hybridized carbons (Fsp3) is 1.00. The zero-order valence-electron chi connectivity index (χ0n) is 7.13. The van der Waals surface area contributed by atoms with Crippen molar-refractivity contribution in [3.63, 3.8) is 0 Å². The van der Waals surface area contributed by atoms with E-state index in [2.05, 4.69) is 0 Å². The summed E-state index contributed by atoms with van der Waals surface area (Å²) in [6.07, 6.45) is -6.75. The number of methoxy groups -OCH3 is 1. The van der Waals surface area contributed by atoms with Gasteiger partial charge in [-0.05, 0) is 0 Å². The normalized spacial score (nSPS) is 30.5. The minimum Gasteiger partial charge on any atom is -0.377 e. The summed E-state index contributed by atoms with van der Waals surface area (Å²) in [6.45, 7) is 0.300. The van der Waals surface area contributed by atoms with Crippen LogP contribution < -0.4 is 0 Å². The van der Waals surface area contributed by atoms with Gasteiger partial charge in [-0.2, -0.15) is 13.2 Å². The van der Waals surface area contributed by atoms with Crippen LogP contribution in [0.3, 0.4) is 0 Å². The zero-order valence-corrected chi connectivity index (χ0v) is 7.13. The third-order valence-corrected chi connectivity index (χ3v) is 1.67. The molecule has 78 valence electrons. The summed E-state index contributed by atoms with van der Waals surface area (Å²) in [5.41, 5.74) is 0. The summed E-state index contributed by atoms with van der Waals surface area (Å²) in [4.78, 5) is 0. The maximum atomic E-state index is 11.8. The number of hydrogen-bond acceptors (Lipinski definition) is 3. The predicted molar refractivity (Wildman–Crippen MR) is 37.2 cm³/mol. The first-order valence-corrected chi connectivity index (χ1v) is 3.84. The molecule has 1 aliphatic rings. The molecular weight excluding hydrogens is 189 g/mol. The third kappa shape index (κ3) is 3.93. The molecule has 0 spiro atoms. The topological polar surface area (TPSA) is 27.7 Å². The highest BCUT2D eigenvalue weighted by Gasteiger charge is 2.35. The minimum absolute atomic E-state index is 0.150. The molecule has 1 aliphatic heterocycles. The molecule has 0 unspecified atom stereocenters.